The van der Waals surface area contributed by atoms with Crippen molar-refractivity contribution in [3.05, 3.63) is 62.5 Å². The van der Waals surface area contributed by atoms with Gasteiger partial charge in [0.15, 0.2) is 5.78 Å². The molecule has 0 atom stereocenters. The number of esters is 1. The van der Waals surface area contributed by atoms with E-state index >= 15 is 0 Å². The van der Waals surface area contributed by atoms with Gasteiger partial charge in [0.25, 0.3) is 5.69 Å². The van der Waals surface area contributed by atoms with Crippen LogP contribution >= 0.6 is 0 Å². The Labute approximate surface area is 145 Å². The number of nitrogens with one attached hydrogen (secondary N) is 1. The number of aromatic amines is 1. The number of benzene rings is 1. The van der Waals surface area contributed by atoms with E-state index in [4.69, 9.17) is 4.74 Å². The smallest absolute Gasteiger partial charge is 0.340 e. The van der Waals surface area contributed by atoms with Crippen LogP contribution in [-0.4, -0.2) is 28.8 Å². The number of rotatable bonds is 7. The summed E-state index contributed by atoms with van der Waals surface area (Å²) >= 11 is 0. The van der Waals surface area contributed by atoms with E-state index in [1.54, 1.807) is 32.0 Å². The van der Waals surface area contributed by atoms with E-state index in [0.29, 0.717) is 35.4 Å². The Bertz CT molecular complexity index is 823. The Morgan fingerprint density at radius 1 is 1.16 bits per heavy atom. The van der Waals surface area contributed by atoms with Crippen molar-refractivity contribution in [3.8, 4) is 0 Å². The van der Waals surface area contributed by atoms with Gasteiger partial charge in [0.05, 0.1) is 23.2 Å². The summed E-state index contributed by atoms with van der Waals surface area (Å²) in [7, 11) is 1.27. The summed E-state index contributed by atoms with van der Waals surface area (Å²) in [4.78, 5) is 38.1. The summed E-state index contributed by atoms with van der Waals surface area (Å²) in [6.45, 7) is 3.44. The first-order valence-electron chi connectivity index (χ1n) is 7.89. The third-order valence-corrected chi connectivity index (χ3v) is 4.08. The lowest BCUT2D eigenvalue weighted by Gasteiger charge is -2.05. The van der Waals surface area contributed by atoms with Gasteiger partial charge in [0, 0.05) is 29.4 Å². The average molecular weight is 344 g/mol. The van der Waals surface area contributed by atoms with Crippen molar-refractivity contribution < 1.29 is 19.2 Å². The number of para-hydroxylation sites is 1. The van der Waals surface area contributed by atoms with Crippen molar-refractivity contribution in [1.82, 2.24) is 4.98 Å². The lowest BCUT2D eigenvalue weighted by molar-refractivity contribution is -0.385. The fourth-order valence-electron chi connectivity index (χ4n) is 2.95. The Morgan fingerprint density at radius 2 is 1.80 bits per heavy atom. The molecule has 7 nitrogen and oxygen atoms in total. The summed E-state index contributed by atoms with van der Waals surface area (Å²) in [5.74, 6) is -0.732. The van der Waals surface area contributed by atoms with E-state index in [-0.39, 0.29) is 23.5 Å². The van der Waals surface area contributed by atoms with Gasteiger partial charge in [-0.15, -0.1) is 0 Å². The minimum atomic E-state index is -0.552. The first-order chi connectivity index (χ1) is 11.9. The Hall–Kier alpha value is -2.96. The van der Waals surface area contributed by atoms with E-state index in [1.165, 1.54) is 13.2 Å². The van der Waals surface area contributed by atoms with Crippen molar-refractivity contribution in [1.29, 1.82) is 0 Å². The highest BCUT2D eigenvalue weighted by Gasteiger charge is 2.24. The molecule has 0 saturated carbocycles. The molecule has 0 aliphatic carbocycles. The Kier molecular flexibility index (Phi) is 5.69. The predicted octanol–water partition coefficient (Wildman–Crippen LogP) is 3.53. The van der Waals surface area contributed by atoms with E-state index in [9.17, 15) is 19.7 Å². The average Bonchev–Trinajstić information content (AvgIpc) is 2.88. The number of nitro benzene ring substituents is 1. The van der Waals surface area contributed by atoms with Gasteiger partial charge in [-0.2, -0.15) is 0 Å². The van der Waals surface area contributed by atoms with Gasteiger partial charge in [-0.3, -0.25) is 14.9 Å². The van der Waals surface area contributed by atoms with Crippen LogP contribution in [0.15, 0.2) is 24.3 Å². The van der Waals surface area contributed by atoms with E-state index in [0.717, 1.165) is 0 Å². The molecular formula is C18H20N2O5. The molecule has 0 fully saturated rings. The van der Waals surface area contributed by atoms with Crippen LogP contribution in [0.4, 0.5) is 5.69 Å². The molecule has 0 saturated heterocycles. The number of aryl methyl sites for hydroxylation is 3. The van der Waals surface area contributed by atoms with Crippen LogP contribution in [0, 0.1) is 24.0 Å². The van der Waals surface area contributed by atoms with Gasteiger partial charge >= 0.3 is 5.97 Å². The maximum Gasteiger partial charge on any atom is 0.340 e. The lowest BCUT2D eigenvalue weighted by Crippen LogP contribution is -2.10. The monoisotopic (exact) mass is 344 g/mol. The molecule has 1 heterocycles. The highest BCUT2D eigenvalue weighted by atomic mass is 16.6. The van der Waals surface area contributed by atoms with Crippen LogP contribution in [0.3, 0.4) is 0 Å². The Morgan fingerprint density at radius 3 is 2.44 bits per heavy atom. The van der Waals surface area contributed by atoms with Gasteiger partial charge in [0.1, 0.15) is 0 Å². The maximum absolute atomic E-state index is 12.6. The number of nitrogens with zero attached hydrogens (tertiary/aromatic N) is 1. The number of hydrogen-bond acceptors (Lipinski definition) is 5. The van der Waals surface area contributed by atoms with E-state index in [1.807, 2.05) is 0 Å². The second-order valence-corrected chi connectivity index (χ2v) is 5.78. The predicted molar refractivity (Wildman–Crippen MR) is 92.0 cm³/mol. The molecule has 1 N–H and O–H groups in total. The van der Waals surface area contributed by atoms with Crippen LogP contribution in [0.5, 0.6) is 0 Å². The number of Topliss-reactive ketones (excluding diaryl/α,β-unsaturated/α-hetero) is 1. The highest BCUT2D eigenvalue weighted by molar-refractivity contribution is 6.08. The zero-order chi connectivity index (χ0) is 18.6. The molecule has 0 amide bonds. The SMILES string of the molecule is COC(=O)c1c(C)[nH]c(C)c1C(=O)CCCc1ccccc1[N+](=O)[O-]. The number of ketones is 1. The summed E-state index contributed by atoms with van der Waals surface area (Å²) in [6.07, 6.45) is 1.06. The molecule has 2 rings (SSSR count). The van der Waals surface area contributed by atoms with Crippen molar-refractivity contribution in [2.24, 2.45) is 0 Å². The first-order valence-corrected chi connectivity index (χ1v) is 7.89. The molecule has 7 heteroatoms. The summed E-state index contributed by atoms with van der Waals surface area (Å²) in [6, 6.07) is 6.49. The maximum atomic E-state index is 12.6. The summed E-state index contributed by atoms with van der Waals surface area (Å²) < 4.78 is 4.75. The third kappa shape index (κ3) is 3.93. The van der Waals surface area contributed by atoms with Gasteiger partial charge < -0.3 is 9.72 Å². The van der Waals surface area contributed by atoms with Crippen LogP contribution in [-0.2, 0) is 11.2 Å². The van der Waals surface area contributed by atoms with Crippen LogP contribution < -0.4 is 0 Å². The number of methoxy groups -OCH3 is 1. The number of carbonyl (C=O) groups excluding carboxylic acids is 2. The van der Waals surface area contributed by atoms with Crippen molar-refractivity contribution in [2.75, 3.05) is 7.11 Å². The molecule has 0 unspecified atom stereocenters. The fourth-order valence-corrected chi connectivity index (χ4v) is 2.95. The standard InChI is InChI=1S/C18H20N2O5/c1-11-16(17(12(2)19-11)18(22)25-3)15(21)10-6-8-13-7-4-5-9-14(13)20(23)24/h4-5,7,9,19H,6,8,10H2,1-3H3. The van der Waals surface area contributed by atoms with Gasteiger partial charge in [-0.05, 0) is 26.7 Å². The van der Waals surface area contributed by atoms with Crippen LogP contribution in [0.2, 0.25) is 0 Å². The zero-order valence-electron chi connectivity index (χ0n) is 14.4. The highest BCUT2D eigenvalue weighted by Crippen LogP contribution is 2.23. The molecule has 0 radical (unpaired) electrons. The number of aromatic nitrogens is 1. The van der Waals surface area contributed by atoms with Gasteiger partial charge in [-0.1, -0.05) is 18.2 Å². The zero-order valence-corrected chi connectivity index (χ0v) is 14.4. The van der Waals surface area contributed by atoms with Crippen LogP contribution in [0.25, 0.3) is 0 Å². The van der Waals surface area contributed by atoms with Crippen molar-refractivity contribution >= 4 is 17.4 Å². The molecule has 25 heavy (non-hydrogen) atoms. The number of carbonyl (C=O) groups is 2. The summed E-state index contributed by atoms with van der Waals surface area (Å²) in [5.41, 5.74) is 2.46. The molecule has 0 aliphatic rings. The molecule has 132 valence electrons. The van der Waals surface area contributed by atoms with Gasteiger partial charge in [0.2, 0.25) is 0 Å². The minimum absolute atomic E-state index is 0.0545. The number of ether oxygens (including phenoxy) is 1. The second kappa shape index (κ2) is 7.74. The number of hydrogen-bond donors (Lipinski definition) is 1. The molecule has 0 spiro atoms. The molecule has 2 aromatic rings. The fraction of sp³-hybridized carbons (Fsp3) is 0.333. The topological polar surface area (TPSA) is 102 Å². The number of H-pyrrole nitrogens is 1. The second-order valence-electron chi connectivity index (χ2n) is 5.78. The normalized spacial score (nSPS) is 10.5. The largest absolute Gasteiger partial charge is 0.465 e. The first kappa shape index (κ1) is 18.4. The quantitative estimate of drug-likeness (QED) is 0.358. The lowest BCUT2D eigenvalue weighted by atomic mass is 9.98. The Balaban J connectivity index is 2.12. The van der Waals surface area contributed by atoms with Crippen molar-refractivity contribution in [2.45, 2.75) is 33.1 Å². The summed E-state index contributed by atoms with van der Waals surface area (Å²) in [5, 5.41) is 11.0. The van der Waals surface area contributed by atoms with Crippen molar-refractivity contribution in [3.63, 3.8) is 0 Å². The molecule has 1 aromatic carbocycles. The molecule has 0 aliphatic heterocycles. The molecule has 1 aromatic heterocycles. The number of nitro groups is 1. The van der Waals surface area contributed by atoms with E-state index in [2.05, 4.69) is 4.98 Å². The van der Waals surface area contributed by atoms with Crippen LogP contribution in [0.1, 0.15) is 50.5 Å². The minimum Gasteiger partial charge on any atom is -0.465 e. The third-order valence-electron chi connectivity index (χ3n) is 4.08. The molecule has 0 bridgehead atoms. The van der Waals surface area contributed by atoms with Gasteiger partial charge in [-0.25, -0.2) is 4.79 Å². The van der Waals surface area contributed by atoms with E-state index < -0.39 is 10.9 Å². The molecular weight excluding hydrogens is 324 g/mol.